The van der Waals surface area contributed by atoms with Gasteiger partial charge in [-0.2, -0.15) is 26.3 Å². The van der Waals surface area contributed by atoms with Gasteiger partial charge in [-0.15, -0.1) is 0 Å². The topological polar surface area (TPSA) is 66.8 Å². The van der Waals surface area contributed by atoms with Gasteiger partial charge < -0.3 is 14.7 Å². The molecule has 2 aromatic rings. The quantitative estimate of drug-likeness (QED) is 0.424. The predicted octanol–water partition coefficient (Wildman–Crippen LogP) is 5.41. The zero-order chi connectivity index (χ0) is 26.6. The van der Waals surface area contributed by atoms with Crippen LogP contribution in [0.15, 0.2) is 42.5 Å². The molecule has 2 fully saturated rings. The number of halogens is 7. The maximum Gasteiger partial charge on any atom is 0.416 e. The van der Waals surface area contributed by atoms with Crippen LogP contribution in [0.5, 0.6) is 0 Å². The van der Waals surface area contributed by atoms with Crippen molar-refractivity contribution in [3.63, 3.8) is 0 Å². The second kappa shape index (κ2) is 9.06. The number of carbonyl (C=O) groups excluding carboxylic acids is 1. The summed E-state index contributed by atoms with van der Waals surface area (Å²) in [7, 11) is 0. The Kier molecular flexibility index (Phi) is 6.52. The van der Waals surface area contributed by atoms with Gasteiger partial charge in [-0.05, 0) is 54.8 Å². The van der Waals surface area contributed by atoms with Crippen molar-refractivity contribution in [2.75, 3.05) is 6.54 Å². The lowest BCUT2D eigenvalue weighted by Gasteiger charge is -2.27. The van der Waals surface area contributed by atoms with Gasteiger partial charge in [0, 0.05) is 18.5 Å². The summed E-state index contributed by atoms with van der Waals surface area (Å²) in [4.78, 5) is 25.4. The van der Waals surface area contributed by atoms with Gasteiger partial charge in [0.25, 0.3) is 0 Å². The second-order valence-corrected chi connectivity index (χ2v) is 8.92. The molecule has 0 aliphatic carbocycles. The Balaban J connectivity index is 1.68. The van der Waals surface area contributed by atoms with Gasteiger partial charge in [0.05, 0.1) is 23.3 Å². The molecule has 4 rings (SSSR count). The summed E-state index contributed by atoms with van der Waals surface area (Å²) in [5.74, 6) is -4.46. The van der Waals surface area contributed by atoms with Crippen LogP contribution in [0.3, 0.4) is 0 Å². The van der Waals surface area contributed by atoms with Gasteiger partial charge in [-0.3, -0.25) is 9.59 Å². The van der Waals surface area contributed by atoms with E-state index in [2.05, 4.69) is 0 Å². The smallest absolute Gasteiger partial charge is 0.416 e. The Hall–Kier alpha value is -3.15. The molecule has 0 radical (unpaired) electrons. The molecule has 2 heterocycles. The SMILES string of the molecule is C[C@@H](O[C@H]1CN2C(=O)C(C(=O)O)CC2[C@@H]1c1ccc(F)cc1)c1cc(C(F)(F)F)cc(C(F)(F)F)c1. The minimum absolute atomic E-state index is 0.0217. The third kappa shape index (κ3) is 4.91. The fourth-order valence-corrected chi connectivity index (χ4v) is 4.96. The Morgan fingerprint density at radius 3 is 2.08 bits per heavy atom. The minimum Gasteiger partial charge on any atom is -0.481 e. The van der Waals surface area contributed by atoms with Crippen molar-refractivity contribution in [2.24, 2.45) is 5.92 Å². The summed E-state index contributed by atoms with van der Waals surface area (Å²) in [5.41, 5.74) is -2.83. The molecule has 2 saturated heterocycles. The molecule has 2 aliphatic heterocycles. The lowest BCUT2D eigenvalue weighted by atomic mass is 9.86. The van der Waals surface area contributed by atoms with Crippen LogP contribution < -0.4 is 0 Å². The number of carboxylic acids is 1. The Morgan fingerprint density at radius 2 is 1.58 bits per heavy atom. The third-order valence-electron chi connectivity index (χ3n) is 6.66. The molecule has 12 heteroatoms. The van der Waals surface area contributed by atoms with E-state index in [1.165, 1.54) is 24.0 Å². The average molecular weight is 519 g/mol. The Bertz CT molecular complexity index is 1130. The zero-order valence-electron chi connectivity index (χ0n) is 18.6. The molecule has 0 bridgehead atoms. The fraction of sp³-hybridized carbons (Fsp3) is 0.417. The van der Waals surface area contributed by atoms with E-state index in [1.54, 1.807) is 0 Å². The number of nitrogens with zero attached hydrogens (tertiary/aromatic N) is 1. The van der Waals surface area contributed by atoms with Crippen molar-refractivity contribution in [1.82, 2.24) is 4.90 Å². The van der Waals surface area contributed by atoms with E-state index in [0.29, 0.717) is 17.7 Å². The number of alkyl halides is 6. The van der Waals surface area contributed by atoms with Gasteiger partial charge in [0.2, 0.25) is 5.91 Å². The first-order chi connectivity index (χ1) is 16.7. The first-order valence-electron chi connectivity index (χ1n) is 10.9. The van der Waals surface area contributed by atoms with Crippen LogP contribution in [-0.4, -0.2) is 40.6 Å². The predicted molar refractivity (Wildman–Crippen MR) is 110 cm³/mol. The second-order valence-electron chi connectivity index (χ2n) is 8.92. The van der Waals surface area contributed by atoms with Crippen molar-refractivity contribution in [3.05, 3.63) is 70.5 Å². The minimum atomic E-state index is -5.03. The zero-order valence-corrected chi connectivity index (χ0v) is 18.6. The van der Waals surface area contributed by atoms with Gasteiger partial charge >= 0.3 is 18.3 Å². The molecule has 5 atom stereocenters. The number of benzene rings is 2. The highest BCUT2D eigenvalue weighted by Crippen LogP contribution is 2.45. The van der Waals surface area contributed by atoms with Crippen LogP contribution in [-0.2, 0) is 26.7 Å². The van der Waals surface area contributed by atoms with Crippen LogP contribution in [0.1, 0.15) is 47.6 Å². The molecule has 0 spiro atoms. The highest BCUT2D eigenvalue weighted by molar-refractivity contribution is 5.99. The molecule has 5 nitrogen and oxygen atoms in total. The van der Waals surface area contributed by atoms with Gasteiger partial charge in [-0.1, -0.05) is 12.1 Å². The maximum atomic E-state index is 13.5. The van der Waals surface area contributed by atoms with E-state index in [-0.39, 0.29) is 24.6 Å². The standard InChI is InChI=1S/C24H20F7NO4/c1-11(13-6-14(23(26,27)28)8-15(7-13)24(29,30)31)36-19-10-32-18(9-17(21(32)33)22(34)35)20(19)12-2-4-16(25)5-3-12/h2-8,11,17-20H,9-10H2,1H3,(H,34,35)/t11-,17?,18?,19+,20+/m1/s1. The Labute approximate surface area is 200 Å². The van der Waals surface area contributed by atoms with Crippen LogP contribution in [0.4, 0.5) is 30.7 Å². The maximum absolute atomic E-state index is 13.5. The molecule has 0 saturated carbocycles. The summed E-state index contributed by atoms with van der Waals surface area (Å²) in [6.07, 6.45) is -12.3. The molecule has 0 aromatic heterocycles. The number of fused-ring (bicyclic) bond motifs is 1. The Morgan fingerprint density at radius 1 is 1.03 bits per heavy atom. The van der Waals surface area contributed by atoms with Crippen LogP contribution in [0.2, 0.25) is 0 Å². The van der Waals surface area contributed by atoms with E-state index in [9.17, 15) is 45.4 Å². The molecular weight excluding hydrogens is 499 g/mol. The van der Waals surface area contributed by atoms with E-state index < -0.39 is 71.3 Å². The molecule has 2 unspecified atom stereocenters. The molecule has 36 heavy (non-hydrogen) atoms. The van der Waals surface area contributed by atoms with Crippen molar-refractivity contribution in [1.29, 1.82) is 0 Å². The van der Waals surface area contributed by atoms with E-state index >= 15 is 0 Å². The number of carboxylic acid groups (broad SMARTS) is 1. The summed E-state index contributed by atoms with van der Waals surface area (Å²) in [5, 5.41) is 9.36. The van der Waals surface area contributed by atoms with Crippen molar-refractivity contribution < 1.29 is 50.2 Å². The lowest BCUT2D eigenvalue weighted by Crippen LogP contribution is -2.33. The van der Waals surface area contributed by atoms with Crippen molar-refractivity contribution in [3.8, 4) is 0 Å². The van der Waals surface area contributed by atoms with E-state index in [1.807, 2.05) is 0 Å². The molecular formula is C24H20F7NO4. The average Bonchev–Trinajstić information content (AvgIpc) is 3.29. The number of amides is 1. The highest BCUT2D eigenvalue weighted by Gasteiger charge is 2.54. The number of hydrogen-bond acceptors (Lipinski definition) is 3. The van der Waals surface area contributed by atoms with Gasteiger partial charge in [-0.25, -0.2) is 4.39 Å². The summed E-state index contributed by atoms with van der Waals surface area (Å²) in [6.45, 7) is 1.17. The summed E-state index contributed by atoms with van der Waals surface area (Å²) in [6, 6.07) is 5.70. The van der Waals surface area contributed by atoms with Gasteiger partial charge in [0.15, 0.2) is 0 Å². The largest absolute Gasteiger partial charge is 0.481 e. The molecule has 2 aromatic carbocycles. The third-order valence-corrected chi connectivity index (χ3v) is 6.66. The molecule has 2 aliphatic rings. The molecule has 194 valence electrons. The molecule has 1 amide bonds. The number of aliphatic carboxylic acids is 1. The normalized spacial score (nSPS) is 25.2. The first-order valence-corrected chi connectivity index (χ1v) is 10.9. The van der Waals surface area contributed by atoms with Crippen molar-refractivity contribution >= 4 is 11.9 Å². The number of ether oxygens (including phenoxy) is 1. The number of hydrogen-bond donors (Lipinski definition) is 1. The number of rotatable bonds is 5. The monoisotopic (exact) mass is 519 g/mol. The van der Waals surface area contributed by atoms with E-state index in [4.69, 9.17) is 4.74 Å². The van der Waals surface area contributed by atoms with Crippen LogP contribution in [0, 0.1) is 11.7 Å². The lowest BCUT2D eigenvalue weighted by molar-refractivity contribution is -0.148. The fourth-order valence-electron chi connectivity index (χ4n) is 4.96. The van der Waals surface area contributed by atoms with Crippen LogP contribution in [0.25, 0.3) is 0 Å². The van der Waals surface area contributed by atoms with E-state index in [0.717, 1.165) is 12.1 Å². The van der Waals surface area contributed by atoms with Crippen molar-refractivity contribution in [2.45, 2.75) is 49.9 Å². The van der Waals surface area contributed by atoms with Gasteiger partial charge in [0.1, 0.15) is 11.7 Å². The highest BCUT2D eigenvalue weighted by atomic mass is 19.4. The summed E-state index contributed by atoms with van der Waals surface area (Å²) < 4.78 is 99.2. The van der Waals surface area contributed by atoms with Crippen LogP contribution >= 0.6 is 0 Å². The number of carbonyl (C=O) groups is 2. The first kappa shape index (κ1) is 25.9. The summed E-state index contributed by atoms with van der Waals surface area (Å²) >= 11 is 0. The molecule has 1 N–H and O–H groups in total.